The second kappa shape index (κ2) is 8.72. The second-order valence-electron chi connectivity index (χ2n) is 8.28. The summed E-state index contributed by atoms with van der Waals surface area (Å²) < 4.78 is 44.5. The van der Waals surface area contributed by atoms with E-state index in [1.165, 1.54) is 18.2 Å². The molecular formula is C25H23F3N2O4. The first-order valence-corrected chi connectivity index (χ1v) is 10.8. The molecule has 6 nitrogen and oxygen atoms in total. The van der Waals surface area contributed by atoms with Gasteiger partial charge in [-0.05, 0) is 43.2 Å². The number of imide groups is 1. The van der Waals surface area contributed by atoms with E-state index in [2.05, 4.69) is 11.9 Å². The molecule has 0 aliphatic carbocycles. The molecule has 0 saturated carbocycles. The fourth-order valence-corrected chi connectivity index (χ4v) is 4.95. The first-order chi connectivity index (χ1) is 16.2. The highest BCUT2D eigenvalue weighted by atomic mass is 19.4. The van der Waals surface area contributed by atoms with Crippen molar-refractivity contribution in [2.24, 2.45) is 11.8 Å². The van der Waals surface area contributed by atoms with Gasteiger partial charge in [0.05, 0.1) is 29.7 Å². The molecule has 2 aliphatic heterocycles. The van der Waals surface area contributed by atoms with Gasteiger partial charge in [0.1, 0.15) is 5.54 Å². The van der Waals surface area contributed by atoms with Crippen molar-refractivity contribution in [3.8, 4) is 0 Å². The molecule has 2 aliphatic rings. The quantitative estimate of drug-likeness (QED) is 0.390. The minimum atomic E-state index is -4.52. The summed E-state index contributed by atoms with van der Waals surface area (Å²) in [6, 6.07) is 11.8. The zero-order valence-corrected chi connectivity index (χ0v) is 18.3. The standard InChI is InChI=1S/C25H23F3N2O4/c1-3-14-24(23(33)34-4-2)19-18(21(31)30(22(19)32)17-8-6-5-7-9-17)20(29-24)15-10-12-16(13-11-15)25(26,27)28/h3,5-13,18-20,29H,1,4,14H2,2H3/t18-,19-,20-,24-/m1/s1. The van der Waals surface area contributed by atoms with E-state index in [4.69, 9.17) is 4.74 Å². The summed E-state index contributed by atoms with van der Waals surface area (Å²) in [4.78, 5) is 41.5. The molecule has 0 bridgehead atoms. The molecular weight excluding hydrogens is 449 g/mol. The Hall–Kier alpha value is -3.46. The van der Waals surface area contributed by atoms with Gasteiger partial charge in [0.2, 0.25) is 11.8 Å². The molecule has 0 aromatic heterocycles. The van der Waals surface area contributed by atoms with Gasteiger partial charge >= 0.3 is 12.1 Å². The highest BCUT2D eigenvalue weighted by Gasteiger charge is 2.68. The van der Waals surface area contributed by atoms with E-state index in [1.807, 2.05) is 0 Å². The van der Waals surface area contributed by atoms with Gasteiger partial charge < -0.3 is 4.74 Å². The normalized spacial score (nSPS) is 26.5. The number of carbonyl (C=O) groups excluding carboxylic acids is 3. The summed E-state index contributed by atoms with van der Waals surface area (Å²) in [7, 11) is 0. The van der Waals surface area contributed by atoms with Gasteiger partial charge in [-0.2, -0.15) is 13.2 Å². The maximum Gasteiger partial charge on any atom is 0.416 e. The average molecular weight is 472 g/mol. The van der Waals surface area contributed by atoms with Crippen molar-refractivity contribution >= 4 is 23.5 Å². The topological polar surface area (TPSA) is 75.7 Å². The van der Waals surface area contributed by atoms with Gasteiger partial charge in [-0.1, -0.05) is 36.4 Å². The molecule has 34 heavy (non-hydrogen) atoms. The van der Waals surface area contributed by atoms with E-state index in [0.717, 1.165) is 17.0 Å². The van der Waals surface area contributed by atoms with Gasteiger partial charge in [0, 0.05) is 6.04 Å². The number of alkyl halides is 3. The van der Waals surface area contributed by atoms with Crippen LogP contribution in [0, 0.1) is 11.8 Å². The Morgan fingerprint density at radius 2 is 1.76 bits per heavy atom. The van der Waals surface area contributed by atoms with E-state index in [9.17, 15) is 27.6 Å². The van der Waals surface area contributed by atoms with Crippen LogP contribution in [0.1, 0.15) is 30.5 Å². The molecule has 9 heteroatoms. The smallest absolute Gasteiger partial charge is 0.416 e. The van der Waals surface area contributed by atoms with Crippen LogP contribution in [-0.4, -0.2) is 29.9 Å². The van der Waals surface area contributed by atoms with E-state index in [1.54, 1.807) is 37.3 Å². The predicted octanol–water partition coefficient (Wildman–Crippen LogP) is 4.03. The molecule has 2 aromatic carbocycles. The van der Waals surface area contributed by atoms with Crippen LogP contribution >= 0.6 is 0 Å². The summed E-state index contributed by atoms with van der Waals surface area (Å²) in [5.74, 6) is -3.96. The first kappa shape index (κ1) is 23.7. The SMILES string of the molecule is C=CC[C@@]1(C(=O)OCC)N[C@H](c2ccc(C(F)(F)F)cc2)[C@@H]2C(=O)N(c3ccccc3)C(=O)[C@@H]21. The van der Waals surface area contributed by atoms with Crippen molar-refractivity contribution in [3.63, 3.8) is 0 Å². The van der Waals surface area contributed by atoms with Crippen LogP contribution in [0.3, 0.4) is 0 Å². The number of fused-ring (bicyclic) bond motifs is 1. The zero-order valence-electron chi connectivity index (χ0n) is 18.3. The summed E-state index contributed by atoms with van der Waals surface area (Å²) in [5, 5.41) is 3.10. The van der Waals surface area contributed by atoms with Crippen LogP contribution in [0.15, 0.2) is 67.3 Å². The highest BCUT2D eigenvalue weighted by molar-refractivity contribution is 6.24. The van der Waals surface area contributed by atoms with Crippen molar-refractivity contribution in [1.29, 1.82) is 0 Å². The number of nitrogens with zero attached hydrogens (tertiary/aromatic N) is 1. The number of halogens is 3. The summed E-state index contributed by atoms with van der Waals surface area (Å²) in [5.41, 5.74) is -1.72. The van der Waals surface area contributed by atoms with Gasteiger partial charge in [0.15, 0.2) is 0 Å². The Kier molecular flexibility index (Phi) is 6.07. The molecule has 0 radical (unpaired) electrons. The van der Waals surface area contributed by atoms with Crippen LogP contribution in [0.2, 0.25) is 0 Å². The van der Waals surface area contributed by atoms with Crippen molar-refractivity contribution in [2.45, 2.75) is 31.1 Å². The Labute approximate surface area is 194 Å². The number of hydrogen-bond donors (Lipinski definition) is 1. The third kappa shape index (κ3) is 3.69. The Balaban J connectivity index is 1.84. The van der Waals surface area contributed by atoms with Crippen LogP contribution in [0.4, 0.5) is 18.9 Å². The zero-order chi connectivity index (χ0) is 24.7. The lowest BCUT2D eigenvalue weighted by Gasteiger charge is -2.32. The van der Waals surface area contributed by atoms with Crippen molar-refractivity contribution < 1.29 is 32.3 Å². The third-order valence-electron chi connectivity index (χ3n) is 6.37. The number of anilines is 1. The molecule has 0 unspecified atom stereocenters. The predicted molar refractivity (Wildman–Crippen MR) is 117 cm³/mol. The third-order valence-corrected chi connectivity index (χ3v) is 6.37. The van der Waals surface area contributed by atoms with Crippen LogP contribution in [0.25, 0.3) is 0 Å². The van der Waals surface area contributed by atoms with Gasteiger partial charge in [0.25, 0.3) is 0 Å². The lowest BCUT2D eigenvalue weighted by atomic mass is 9.77. The minimum absolute atomic E-state index is 0.00815. The number of nitrogens with one attached hydrogen (secondary N) is 1. The van der Waals surface area contributed by atoms with Crippen molar-refractivity contribution in [1.82, 2.24) is 5.32 Å². The molecule has 2 saturated heterocycles. The molecule has 2 fully saturated rings. The fraction of sp³-hybridized carbons (Fsp3) is 0.320. The second-order valence-corrected chi connectivity index (χ2v) is 8.28. The molecule has 0 spiro atoms. The number of benzene rings is 2. The van der Waals surface area contributed by atoms with Crippen LogP contribution in [0.5, 0.6) is 0 Å². The Bertz CT molecular complexity index is 1120. The maximum atomic E-state index is 13.6. The molecule has 2 amide bonds. The summed E-state index contributed by atoms with van der Waals surface area (Å²) >= 11 is 0. The highest BCUT2D eigenvalue weighted by Crippen LogP contribution is 2.51. The van der Waals surface area contributed by atoms with Crippen LogP contribution < -0.4 is 10.2 Å². The molecule has 2 heterocycles. The average Bonchev–Trinajstić information content (AvgIpc) is 3.28. The van der Waals surface area contributed by atoms with E-state index in [-0.39, 0.29) is 13.0 Å². The van der Waals surface area contributed by atoms with Gasteiger partial charge in [-0.15, -0.1) is 6.58 Å². The largest absolute Gasteiger partial charge is 0.465 e. The number of esters is 1. The fourth-order valence-electron chi connectivity index (χ4n) is 4.95. The van der Waals surface area contributed by atoms with E-state index >= 15 is 0 Å². The molecule has 4 rings (SSSR count). The molecule has 178 valence electrons. The minimum Gasteiger partial charge on any atom is -0.465 e. The van der Waals surface area contributed by atoms with Crippen molar-refractivity contribution in [3.05, 3.63) is 78.4 Å². The number of hydrogen-bond acceptors (Lipinski definition) is 5. The first-order valence-electron chi connectivity index (χ1n) is 10.8. The molecule has 4 atom stereocenters. The van der Waals surface area contributed by atoms with Gasteiger partial charge in [-0.3, -0.25) is 19.7 Å². The lowest BCUT2D eigenvalue weighted by molar-refractivity contribution is -0.154. The lowest BCUT2D eigenvalue weighted by Crippen LogP contribution is -2.56. The van der Waals surface area contributed by atoms with Crippen LogP contribution in [-0.2, 0) is 25.3 Å². The number of para-hydroxylation sites is 1. The van der Waals surface area contributed by atoms with Crippen molar-refractivity contribution in [2.75, 3.05) is 11.5 Å². The number of rotatable bonds is 6. The van der Waals surface area contributed by atoms with E-state index in [0.29, 0.717) is 11.3 Å². The monoisotopic (exact) mass is 472 g/mol. The number of carbonyl (C=O) groups is 3. The molecule has 2 aromatic rings. The molecule has 1 N–H and O–H groups in total. The summed E-state index contributed by atoms with van der Waals surface area (Å²) in [6.07, 6.45) is -3.07. The number of amides is 2. The maximum absolute atomic E-state index is 13.6. The summed E-state index contributed by atoms with van der Waals surface area (Å²) in [6.45, 7) is 5.37. The Morgan fingerprint density at radius 3 is 2.32 bits per heavy atom. The Morgan fingerprint density at radius 1 is 1.12 bits per heavy atom. The van der Waals surface area contributed by atoms with Gasteiger partial charge in [-0.25, -0.2) is 4.90 Å². The van der Waals surface area contributed by atoms with E-state index < -0.39 is 52.9 Å². The number of ether oxygens (including phenoxy) is 1.